The second kappa shape index (κ2) is 8.28. The van der Waals surface area contributed by atoms with Crippen molar-refractivity contribution >= 4 is 0 Å². The summed E-state index contributed by atoms with van der Waals surface area (Å²) < 4.78 is 13.5. The molecule has 1 aliphatic rings. The molecule has 24 heavy (non-hydrogen) atoms. The summed E-state index contributed by atoms with van der Waals surface area (Å²) in [7, 11) is 4.10. The van der Waals surface area contributed by atoms with E-state index in [-0.39, 0.29) is 6.10 Å². The van der Waals surface area contributed by atoms with Gasteiger partial charge in [0, 0.05) is 45.6 Å². The fourth-order valence-corrected chi connectivity index (χ4v) is 2.75. The molecule has 1 saturated heterocycles. The molecular formula is C18H26N4O2. The molecular weight excluding hydrogens is 304 g/mol. The Bertz CT molecular complexity index is 626. The van der Waals surface area contributed by atoms with Crippen LogP contribution in [0.15, 0.2) is 36.7 Å². The van der Waals surface area contributed by atoms with E-state index in [4.69, 9.17) is 9.47 Å². The van der Waals surface area contributed by atoms with Crippen LogP contribution in [0.4, 0.5) is 0 Å². The minimum atomic E-state index is 0.282. The van der Waals surface area contributed by atoms with Crippen LogP contribution in [-0.4, -0.2) is 53.8 Å². The topological polar surface area (TPSA) is 51.6 Å². The summed E-state index contributed by atoms with van der Waals surface area (Å²) in [6.07, 6.45) is 3.98. The maximum atomic E-state index is 5.77. The van der Waals surface area contributed by atoms with Gasteiger partial charge in [0.05, 0.1) is 12.7 Å². The van der Waals surface area contributed by atoms with Crippen molar-refractivity contribution < 1.29 is 9.47 Å². The molecule has 0 amide bonds. The van der Waals surface area contributed by atoms with E-state index in [0.717, 1.165) is 44.4 Å². The van der Waals surface area contributed by atoms with Gasteiger partial charge >= 0.3 is 0 Å². The van der Waals surface area contributed by atoms with E-state index in [1.165, 1.54) is 5.56 Å². The quantitative estimate of drug-likeness (QED) is 0.832. The first-order valence-corrected chi connectivity index (χ1v) is 8.39. The molecule has 1 atom stereocenters. The van der Waals surface area contributed by atoms with Gasteiger partial charge in [0.15, 0.2) is 0 Å². The van der Waals surface area contributed by atoms with Crippen molar-refractivity contribution in [3.8, 4) is 5.75 Å². The number of nitrogens with one attached hydrogen (secondary N) is 1. The predicted molar refractivity (Wildman–Crippen MR) is 92.9 cm³/mol. The number of morpholine rings is 1. The van der Waals surface area contributed by atoms with Crippen LogP contribution < -0.4 is 10.1 Å². The Morgan fingerprint density at radius 1 is 1.29 bits per heavy atom. The largest absolute Gasteiger partial charge is 0.486 e. The highest BCUT2D eigenvalue weighted by Crippen LogP contribution is 2.14. The zero-order valence-electron chi connectivity index (χ0n) is 14.4. The van der Waals surface area contributed by atoms with Crippen LogP contribution in [-0.2, 0) is 24.9 Å². The SMILES string of the molecule is CN1CCOC(CNCc2ccc(OCc3nccn3C)cc2)C1. The molecule has 0 saturated carbocycles. The molecule has 2 aromatic rings. The number of aryl methyl sites for hydroxylation is 1. The standard InChI is InChI=1S/C18H26N4O2/c1-21-9-10-23-17(13-21)12-19-11-15-3-5-16(6-4-15)24-14-18-20-7-8-22(18)2/h3-8,17,19H,9-14H2,1-2H3. The lowest BCUT2D eigenvalue weighted by atomic mass is 10.2. The Hall–Kier alpha value is -1.89. The Kier molecular flexibility index (Phi) is 5.85. The summed E-state index contributed by atoms with van der Waals surface area (Å²) in [5, 5.41) is 3.47. The molecule has 1 aliphatic heterocycles. The van der Waals surface area contributed by atoms with E-state index < -0.39 is 0 Å². The number of imidazole rings is 1. The molecule has 6 nitrogen and oxygen atoms in total. The number of nitrogens with zero attached hydrogens (tertiary/aromatic N) is 3. The molecule has 1 aromatic heterocycles. The number of benzene rings is 1. The number of hydrogen-bond donors (Lipinski definition) is 1. The highest BCUT2D eigenvalue weighted by Gasteiger charge is 2.16. The summed E-state index contributed by atoms with van der Waals surface area (Å²) in [5.41, 5.74) is 1.24. The van der Waals surface area contributed by atoms with Gasteiger partial charge in [-0.15, -0.1) is 0 Å². The Morgan fingerprint density at radius 2 is 2.12 bits per heavy atom. The highest BCUT2D eigenvalue weighted by molar-refractivity contribution is 5.27. The molecule has 1 fully saturated rings. The van der Waals surface area contributed by atoms with Gasteiger partial charge < -0.3 is 24.3 Å². The second-order valence-electron chi connectivity index (χ2n) is 6.27. The van der Waals surface area contributed by atoms with Crippen LogP contribution in [0.1, 0.15) is 11.4 Å². The number of ether oxygens (including phenoxy) is 2. The summed E-state index contributed by atoms with van der Waals surface area (Å²) in [4.78, 5) is 6.56. The first-order valence-electron chi connectivity index (χ1n) is 8.39. The van der Waals surface area contributed by atoms with Crippen LogP contribution in [0.5, 0.6) is 5.75 Å². The maximum absolute atomic E-state index is 5.77. The molecule has 1 unspecified atom stereocenters. The van der Waals surface area contributed by atoms with Crippen molar-refractivity contribution in [2.24, 2.45) is 7.05 Å². The summed E-state index contributed by atoms with van der Waals surface area (Å²) >= 11 is 0. The van der Waals surface area contributed by atoms with E-state index in [2.05, 4.69) is 34.4 Å². The van der Waals surface area contributed by atoms with E-state index in [1.807, 2.05) is 29.9 Å². The maximum Gasteiger partial charge on any atom is 0.146 e. The van der Waals surface area contributed by atoms with Crippen molar-refractivity contribution in [2.75, 3.05) is 33.3 Å². The lowest BCUT2D eigenvalue weighted by molar-refractivity contribution is -0.0182. The molecule has 0 spiro atoms. The fourth-order valence-electron chi connectivity index (χ4n) is 2.75. The van der Waals surface area contributed by atoms with Crippen LogP contribution in [0.25, 0.3) is 0 Å². The van der Waals surface area contributed by atoms with Gasteiger partial charge in [0.2, 0.25) is 0 Å². The van der Waals surface area contributed by atoms with E-state index in [0.29, 0.717) is 6.61 Å². The number of aromatic nitrogens is 2. The zero-order chi connectivity index (χ0) is 16.8. The normalized spacial score (nSPS) is 18.7. The van der Waals surface area contributed by atoms with Crippen molar-refractivity contribution in [3.63, 3.8) is 0 Å². The van der Waals surface area contributed by atoms with E-state index in [9.17, 15) is 0 Å². The minimum absolute atomic E-state index is 0.282. The Labute approximate surface area is 143 Å². The molecule has 2 heterocycles. The van der Waals surface area contributed by atoms with Crippen molar-refractivity contribution in [3.05, 3.63) is 48.0 Å². The van der Waals surface area contributed by atoms with Gasteiger partial charge in [-0.05, 0) is 24.7 Å². The lowest BCUT2D eigenvalue weighted by Crippen LogP contribution is -2.44. The molecule has 1 aromatic carbocycles. The first kappa shape index (κ1) is 17.0. The number of rotatable bonds is 7. The van der Waals surface area contributed by atoms with Crippen LogP contribution in [0.2, 0.25) is 0 Å². The van der Waals surface area contributed by atoms with Crippen LogP contribution in [0.3, 0.4) is 0 Å². The molecule has 0 aliphatic carbocycles. The van der Waals surface area contributed by atoms with Crippen LogP contribution in [0, 0.1) is 0 Å². The molecule has 130 valence electrons. The van der Waals surface area contributed by atoms with Crippen LogP contribution >= 0.6 is 0 Å². The van der Waals surface area contributed by atoms with Gasteiger partial charge in [-0.3, -0.25) is 0 Å². The average Bonchev–Trinajstić information content (AvgIpc) is 2.99. The molecule has 0 bridgehead atoms. The zero-order valence-corrected chi connectivity index (χ0v) is 14.4. The smallest absolute Gasteiger partial charge is 0.146 e. The molecule has 6 heteroatoms. The third-order valence-corrected chi connectivity index (χ3v) is 4.26. The summed E-state index contributed by atoms with van der Waals surface area (Å²) in [5.74, 6) is 1.78. The highest BCUT2D eigenvalue weighted by atomic mass is 16.5. The molecule has 3 rings (SSSR count). The third-order valence-electron chi connectivity index (χ3n) is 4.26. The van der Waals surface area contributed by atoms with Gasteiger partial charge in [0.25, 0.3) is 0 Å². The second-order valence-corrected chi connectivity index (χ2v) is 6.27. The van der Waals surface area contributed by atoms with Gasteiger partial charge in [-0.25, -0.2) is 4.98 Å². The molecule has 0 radical (unpaired) electrons. The summed E-state index contributed by atoms with van der Waals surface area (Å²) in [6.45, 7) is 5.03. The average molecular weight is 330 g/mol. The molecule has 1 N–H and O–H groups in total. The van der Waals surface area contributed by atoms with Crippen molar-refractivity contribution in [1.29, 1.82) is 0 Å². The third kappa shape index (κ3) is 4.80. The van der Waals surface area contributed by atoms with Crippen molar-refractivity contribution in [1.82, 2.24) is 19.8 Å². The lowest BCUT2D eigenvalue weighted by Gasteiger charge is -2.30. The monoisotopic (exact) mass is 330 g/mol. The number of likely N-dealkylation sites (N-methyl/N-ethyl adjacent to an activating group) is 1. The van der Waals surface area contributed by atoms with Gasteiger partial charge in [-0.1, -0.05) is 12.1 Å². The Balaban J connectivity index is 1.40. The van der Waals surface area contributed by atoms with E-state index >= 15 is 0 Å². The van der Waals surface area contributed by atoms with Crippen molar-refractivity contribution in [2.45, 2.75) is 19.3 Å². The minimum Gasteiger partial charge on any atom is -0.486 e. The van der Waals surface area contributed by atoms with E-state index in [1.54, 1.807) is 6.20 Å². The first-order chi connectivity index (χ1) is 11.7. The van der Waals surface area contributed by atoms with Gasteiger partial charge in [0.1, 0.15) is 18.2 Å². The summed E-state index contributed by atoms with van der Waals surface area (Å²) in [6, 6.07) is 8.19. The predicted octanol–water partition coefficient (Wildman–Crippen LogP) is 1.42. The number of hydrogen-bond acceptors (Lipinski definition) is 5. The fraction of sp³-hybridized carbons (Fsp3) is 0.500. The van der Waals surface area contributed by atoms with Gasteiger partial charge in [-0.2, -0.15) is 0 Å². The Morgan fingerprint density at radius 3 is 2.83 bits per heavy atom.